The monoisotopic (exact) mass is 343 g/mol. The molecule has 0 saturated heterocycles. The molecular formula is C17H17N3O5. The number of rotatable bonds is 5. The molecule has 1 aromatic heterocycles. The maximum atomic E-state index is 11.8. The highest BCUT2D eigenvalue weighted by Gasteiger charge is 2.18. The molecule has 3 rings (SSSR count). The molecule has 3 N–H and O–H groups in total. The molecule has 0 bridgehead atoms. The lowest BCUT2D eigenvalue weighted by molar-refractivity contribution is -0.136. The van der Waals surface area contributed by atoms with Gasteiger partial charge in [-0.15, -0.1) is 0 Å². The van der Waals surface area contributed by atoms with Gasteiger partial charge in [0.1, 0.15) is 0 Å². The summed E-state index contributed by atoms with van der Waals surface area (Å²) in [4.78, 5) is 27.3. The van der Waals surface area contributed by atoms with Crippen molar-refractivity contribution >= 4 is 17.5 Å². The van der Waals surface area contributed by atoms with Crippen molar-refractivity contribution in [2.24, 2.45) is 0 Å². The molecular weight excluding hydrogens is 326 g/mol. The van der Waals surface area contributed by atoms with Crippen LogP contribution in [0.4, 0.5) is 5.69 Å². The number of fused-ring (bicyclic) bond motifs is 1. The molecule has 0 unspecified atom stereocenters. The minimum absolute atomic E-state index is 0.148. The molecule has 8 heteroatoms. The van der Waals surface area contributed by atoms with Gasteiger partial charge in [-0.2, -0.15) is 0 Å². The van der Waals surface area contributed by atoms with E-state index in [2.05, 4.69) is 15.6 Å². The fourth-order valence-corrected chi connectivity index (χ4v) is 2.31. The summed E-state index contributed by atoms with van der Waals surface area (Å²) in [5.41, 5.74) is 1.08. The first-order valence-corrected chi connectivity index (χ1v) is 7.70. The highest BCUT2D eigenvalue weighted by atomic mass is 16.7. The van der Waals surface area contributed by atoms with Crippen LogP contribution in [0.15, 0.2) is 42.7 Å². The van der Waals surface area contributed by atoms with E-state index in [9.17, 15) is 14.7 Å². The number of hydrogen-bond acceptors (Lipinski definition) is 6. The summed E-state index contributed by atoms with van der Waals surface area (Å²) in [5.74, 6) is -0.347. The van der Waals surface area contributed by atoms with Crippen molar-refractivity contribution in [1.82, 2.24) is 10.3 Å². The molecule has 0 aliphatic carbocycles. The maximum Gasteiger partial charge on any atom is 0.313 e. The van der Waals surface area contributed by atoms with E-state index in [0.717, 1.165) is 0 Å². The van der Waals surface area contributed by atoms with Gasteiger partial charge in [0.05, 0.1) is 18.0 Å². The van der Waals surface area contributed by atoms with Crippen LogP contribution in [0.25, 0.3) is 0 Å². The Morgan fingerprint density at radius 2 is 2.04 bits per heavy atom. The first-order valence-electron chi connectivity index (χ1n) is 7.70. The zero-order valence-electron chi connectivity index (χ0n) is 13.3. The third-order valence-electron chi connectivity index (χ3n) is 3.61. The fourth-order valence-electron chi connectivity index (χ4n) is 2.31. The van der Waals surface area contributed by atoms with E-state index in [1.807, 2.05) is 0 Å². The summed E-state index contributed by atoms with van der Waals surface area (Å²) in [6, 6.07) is 8.43. The normalized spacial score (nSPS) is 13.2. The van der Waals surface area contributed by atoms with Crippen LogP contribution >= 0.6 is 0 Å². The molecule has 0 saturated carbocycles. The van der Waals surface area contributed by atoms with Crippen molar-refractivity contribution in [3.8, 4) is 11.5 Å². The second-order valence-electron chi connectivity index (χ2n) is 5.37. The zero-order chi connectivity index (χ0) is 17.6. The summed E-state index contributed by atoms with van der Waals surface area (Å²) in [5, 5.41) is 15.1. The Kier molecular flexibility index (Phi) is 5.10. The van der Waals surface area contributed by atoms with Crippen molar-refractivity contribution in [3.05, 3.63) is 48.3 Å². The van der Waals surface area contributed by atoms with Gasteiger partial charge in [-0.1, -0.05) is 6.07 Å². The summed E-state index contributed by atoms with van der Waals surface area (Å²) >= 11 is 0. The molecule has 8 nitrogen and oxygen atoms in total. The smallest absolute Gasteiger partial charge is 0.313 e. The largest absolute Gasteiger partial charge is 0.454 e. The van der Waals surface area contributed by atoms with Crippen LogP contribution < -0.4 is 20.1 Å². The van der Waals surface area contributed by atoms with Crippen molar-refractivity contribution in [1.29, 1.82) is 0 Å². The topological polar surface area (TPSA) is 110 Å². The lowest BCUT2D eigenvalue weighted by Crippen LogP contribution is -2.36. The Bertz CT molecular complexity index is 766. The number of ether oxygens (including phenoxy) is 2. The number of amides is 2. The first-order chi connectivity index (χ1) is 12.1. The fraction of sp³-hybridized carbons (Fsp3) is 0.235. The molecule has 25 heavy (non-hydrogen) atoms. The lowest BCUT2D eigenvalue weighted by atomic mass is 10.1. The van der Waals surface area contributed by atoms with Gasteiger partial charge in [0.25, 0.3) is 0 Å². The summed E-state index contributed by atoms with van der Waals surface area (Å²) in [6.07, 6.45) is 2.46. The predicted octanol–water partition coefficient (Wildman–Crippen LogP) is 0.989. The highest BCUT2D eigenvalue weighted by Crippen LogP contribution is 2.34. The summed E-state index contributed by atoms with van der Waals surface area (Å²) < 4.78 is 10.5. The minimum atomic E-state index is -0.795. The molecule has 2 amide bonds. The van der Waals surface area contributed by atoms with Gasteiger partial charge >= 0.3 is 11.8 Å². The number of nitrogens with one attached hydrogen (secondary N) is 2. The molecule has 1 aliphatic rings. The van der Waals surface area contributed by atoms with Gasteiger partial charge in [0.15, 0.2) is 11.5 Å². The third kappa shape index (κ3) is 4.24. The molecule has 1 aromatic carbocycles. The van der Waals surface area contributed by atoms with E-state index in [1.165, 1.54) is 6.20 Å². The Balaban J connectivity index is 1.45. The van der Waals surface area contributed by atoms with Gasteiger partial charge in [0, 0.05) is 12.7 Å². The molecule has 0 radical (unpaired) electrons. The van der Waals surface area contributed by atoms with Crippen LogP contribution in [-0.4, -0.2) is 35.2 Å². The number of carbonyl (C=O) groups excluding carboxylic acids is 2. The second-order valence-corrected chi connectivity index (χ2v) is 5.37. The molecule has 130 valence electrons. The summed E-state index contributed by atoms with van der Waals surface area (Å²) in [6.45, 7) is 0.311. The molecule has 1 aliphatic heterocycles. The van der Waals surface area contributed by atoms with E-state index in [1.54, 1.807) is 36.5 Å². The Labute approximate surface area is 143 Å². The van der Waals surface area contributed by atoms with Gasteiger partial charge in [-0.25, -0.2) is 0 Å². The molecule has 0 fully saturated rings. The number of aromatic nitrogens is 1. The van der Waals surface area contributed by atoms with Gasteiger partial charge in [-0.3, -0.25) is 14.6 Å². The van der Waals surface area contributed by atoms with Crippen LogP contribution in [-0.2, 0) is 9.59 Å². The first kappa shape index (κ1) is 16.7. The van der Waals surface area contributed by atoms with Gasteiger partial charge in [-0.05, 0) is 36.2 Å². The number of aliphatic hydroxyl groups excluding tert-OH is 1. The van der Waals surface area contributed by atoms with Crippen molar-refractivity contribution in [2.45, 2.75) is 12.5 Å². The van der Waals surface area contributed by atoms with Crippen molar-refractivity contribution in [2.75, 3.05) is 18.7 Å². The number of carbonyl (C=O) groups is 2. The zero-order valence-corrected chi connectivity index (χ0v) is 13.3. The predicted molar refractivity (Wildman–Crippen MR) is 88.0 cm³/mol. The number of pyridine rings is 1. The molecule has 0 spiro atoms. The Hall–Kier alpha value is -3.13. The van der Waals surface area contributed by atoms with E-state index in [-0.39, 0.29) is 19.8 Å². The molecule has 1 atom stereocenters. The average molecular weight is 343 g/mol. The molecule has 2 aromatic rings. The Morgan fingerprint density at radius 1 is 1.20 bits per heavy atom. The van der Waals surface area contributed by atoms with Crippen LogP contribution in [0.5, 0.6) is 11.5 Å². The number of benzene rings is 1. The van der Waals surface area contributed by atoms with Crippen molar-refractivity contribution < 1.29 is 24.2 Å². The lowest BCUT2D eigenvalue weighted by Gasteiger charge is -2.12. The number of aliphatic hydroxyl groups is 1. The number of nitrogens with zero attached hydrogens (tertiary/aromatic N) is 1. The van der Waals surface area contributed by atoms with Gasteiger partial charge in [0.2, 0.25) is 6.79 Å². The number of anilines is 1. The summed E-state index contributed by atoms with van der Waals surface area (Å²) in [7, 11) is 0. The van der Waals surface area contributed by atoms with E-state index in [4.69, 9.17) is 9.47 Å². The maximum absolute atomic E-state index is 11.8. The minimum Gasteiger partial charge on any atom is -0.454 e. The van der Waals surface area contributed by atoms with Gasteiger partial charge < -0.3 is 25.2 Å². The van der Waals surface area contributed by atoms with Crippen LogP contribution in [0.2, 0.25) is 0 Å². The van der Waals surface area contributed by atoms with E-state index >= 15 is 0 Å². The van der Waals surface area contributed by atoms with E-state index < -0.39 is 17.9 Å². The third-order valence-corrected chi connectivity index (χ3v) is 3.61. The quantitative estimate of drug-likeness (QED) is 0.699. The standard InChI is InChI=1S/C17H17N3O5/c21-13(11-3-4-14-15(8-11)25-10-24-14)5-7-19-16(22)17(23)20-12-2-1-6-18-9-12/h1-4,6,8-9,13,21H,5,7,10H2,(H,19,22)(H,20,23)/t13-/m1/s1. The van der Waals surface area contributed by atoms with Crippen LogP contribution in [0.3, 0.4) is 0 Å². The Morgan fingerprint density at radius 3 is 2.84 bits per heavy atom. The van der Waals surface area contributed by atoms with Crippen LogP contribution in [0, 0.1) is 0 Å². The number of hydrogen-bond donors (Lipinski definition) is 3. The highest BCUT2D eigenvalue weighted by molar-refractivity contribution is 6.39. The van der Waals surface area contributed by atoms with Crippen LogP contribution in [0.1, 0.15) is 18.1 Å². The second kappa shape index (κ2) is 7.63. The molecule has 2 heterocycles. The SMILES string of the molecule is O=C(NCC[C@@H](O)c1ccc2c(c1)OCO2)C(=O)Nc1cccnc1. The van der Waals surface area contributed by atoms with Crippen molar-refractivity contribution in [3.63, 3.8) is 0 Å². The average Bonchev–Trinajstić information content (AvgIpc) is 3.10. The van der Waals surface area contributed by atoms with E-state index in [0.29, 0.717) is 22.7 Å².